The van der Waals surface area contributed by atoms with Gasteiger partial charge in [0.25, 0.3) is 0 Å². The minimum absolute atomic E-state index is 0.146. The third-order valence-corrected chi connectivity index (χ3v) is 2.44. The van der Waals surface area contributed by atoms with Crippen molar-refractivity contribution in [2.45, 2.75) is 25.9 Å². The Bertz CT molecular complexity index is 184. The molecule has 0 saturated carbocycles. The summed E-state index contributed by atoms with van der Waals surface area (Å²) in [5.74, 6) is 0.146. The SMILES string of the molecule is COCCCOC1CCN(C(C)=O)C1. The van der Waals surface area contributed by atoms with Crippen molar-refractivity contribution in [1.29, 1.82) is 0 Å². The molecule has 1 aliphatic heterocycles. The van der Waals surface area contributed by atoms with Gasteiger partial charge in [-0.25, -0.2) is 0 Å². The van der Waals surface area contributed by atoms with Crippen LogP contribution in [-0.2, 0) is 14.3 Å². The number of ether oxygens (including phenoxy) is 2. The van der Waals surface area contributed by atoms with Gasteiger partial charge in [0.1, 0.15) is 0 Å². The van der Waals surface area contributed by atoms with E-state index in [1.807, 2.05) is 4.90 Å². The molecule has 82 valence electrons. The monoisotopic (exact) mass is 201 g/mol. The van der Waals surface area contributed by atoms with Gasteiger partial charge in [-0.1, -0.05) is 0 Å². The Morgan fingerprint density at radius 3 is 2.86 bits per heavy atom. The van der Waals surface area contributed by atoms with Gasteiger partial charge in [0.05, 0.1) is 6.10 Å². The second kappa shape index (κ2) is 5.98. The van der Waals surface area contributed by atoms with E-state index in [-0.39, 0.29) is 12.0 Å². The molecule has 1 rings (SSSR count). The molecule has 1 unspecified atom stereocenters. The average Bonchev–Trinajstić information content (AvgIpc) is 2.61. The summed E-state index contributed by atoms with van der Waals surface area (Å²) in [7, 11) is 1.69. The Balaban J connectivity index is 2.07. The molecule has 0 N–H and O–H groups in total. The predicted molar refractivity (Wildman–Crippen MR) is 53.1 cm³/mol. The van der Waals surface area contributed by atoms with Gasteiger partial charge in [0, 0.05) is 40.3 Å². The zero-order chi connectivity index (χ0) is 10.4. The number of amides is 1. The minimum atomic E-state index is 0.146. The van der Waals surface area contributed by atoms with Gasteiger partial charge >= 0.3 is 0 Å². The van der Waals surface area contributed by atoms with Crippen molar-refractivity contribution >= 4 is 5.91 Å². The van der Waals surface area contributed by atoms with Crippen molar-refractivity contribution in [1.82, 2.24) is 4.90 Å². The third kappa shape index (κ3) is 3.64. The topological polar surface area (TPSA) is 38.8 Å². The van der Waals surface area contributed by atoms with E-state index in [0.717, 1.165) is 39.1 Å². The first-order chi connectivity index (χ1) is 6.74. The standard InChI is InChI=1S/C10H19NO3/c1-9(12)11-5-4-10(8-11)14-7-3-6-13-2/h10H,3-8H2,1-2H3. The summed E-state index contributed by atoms with van der Waals surface area (Å²) < 4.78 is 10.5. The maximum atomic E-state index is 11.0. The van der Waals surface area contributed by atoms with Crippen LogP contribution < -0.4 is 0 Å². The molecule has 0 aromatic rings. The van der Waals surface area contributed by atoms with Crippen molar-refractivity contribution in [2.24, 2.45) is 0 Å². The molecular formula is C10H19NO3. The number of nitrogens with zero attached hydrogens (tertiary/aromatic N) is 1. The van der Waals surface area contributed by atoms with Crippen molar-refractivity contribution in [3.8, 4) is 0 Å². The fourth-order valence-electron chi connectivity index (χ4n) is 1.60. The largest absolute Gasteiger partial charge is 0.385 e. The number of carbonyl (C=O) groups excluding carboxylic acids is 1. The quantitative estimate of drug-likeness (QED) is 0.613. The molecular weight excluding hydrogens is 182 g/mol. The highest BCUT2D eigenvalue weighted by molar-refractivity contribution is 5.73. The molecule has 1 atom stereocenters. The Labute approximate surface area is 85.2 Å². The zero-order valence-corrected chi connectivity index (χ0v) is 8.99. The van der Waals surface area contributed by atoms with Crippen molar-refractivity contribution in [3.63, 3.8) is 0 Å². The molecule has 0 aliphatic carbocycles. The molecule has 1 amide bonds. The highest BCUT2D eigenvalue weighted by atomic mass is 16.5. The van der Waals surface area contributed by atoms with E-state index >= 15 is 0 Å². The fourth-order valence-corrected chi connectivity index (χ4v) is 1.60. The first-order valence-corrected chi connectivity index (χ1v) is 5.10. The smallest absolute Gasteiger partial charge is 0.219 e. The lowest BCUT2D eigenvalue weighted by Gasteiger charge is -2.14. The van der Waals surface area contributed by atoms with Crippen molar-refractivity contribution in [3.05, 3.63) is 0 Å². The Hall–Kier alpha value is -0.610. The molecule has 0 aromatic heterocycles. The Kier molecular flexibility index (Phi) is 4.90. The van der Waals surface area contributed by atoms with E-state index in [4.69, 9.17) is 9.47 Å². The van der Waals surface area contributed by atoms with Crippen LogP contribution in [0.4, 0.5) is 0 Å². The summed E-state index contributed by atoms with van der Waals surface area (Å²) >= 11 is 0. The minimum Gasteiger partial charge on any atom is -0.385 e. The van der Waals surface area contributed by atoms with Crippen LogP contribution in [0.5, 0.6) is 0 Å². The van der Waals surface area contributed by atoms with Crippen molar-refractivity contribution in [2.75, 3.05) is 33.4 Å². The van der Waals surface area contributed by atoms with Gasteiger partial charge in [0.15, 0.2) is 0 Å². The first kappa shape index (κ1) is 11.5. The maximum absolute atomic E-state index is 11.0. The van der Waals surface area contributed by atoms with Gasteiger partial charge in [-0.3, -0.25) is 4.79 Å². The normalized spacial score (nSPS) is 21.6. The Morgan fingerprint density at radius 1 is 1.50 bits per heavy atom. The van der Waals surface area contributed by atoms with E-state index < -0.39 is 0 Å². The second-order valence-corrected chi connectivity index (χ2v) is 3.59. The van der Waals surface area contributed by atoms with Crippen LogP contribution in [0.2, 0.25) is 0 Å². The van der Waals surface area contributed by atoms with Crippen molar-refractivity contribution < 1.29 is 14.3 Å². The van der Waals surface area contributed by atoms with Crippen LogP contribution in [0.1, 0.15) is 19.8 Å². The maximum Gasteiger partial charge on any atom is 0.219 e. The van der Waals surface area contributed by atoms with Crippen LogP contribution in [0.25, 0.3) is 0 Å². The van der Waals surface area contributed by atoms with Crippen LogP contribution in [0.3, 0.4) is 0 Å². The lowest BCUT2D eigenvalue weighted by molar-refractivity contribution is -0.128. The molecule has 1 heterocycles. The zero-order valence-electron chi connectivity index (χ0n) is 8.99. The molecule has 0 radical (unpaired) electrons. The molecule has 0 spiro atoms. The number of likely N-dealkylation sites (tertiary alicyclic amines) is 1. The summed E-state index contributed by atoms with van der Waals surface area (Å²) in [5, 5.41) is 0. The number of hydrogen-bond acceptors (Lipinski definition) is 3. The fraction of sp³-hybridized carbons (Fsp3) is 0.900. The molecule has 1 fully saturated rings. The van der Waals surface area contributed by atoms with E-state index in [0.29, 0.717) is 0 Å². The average molecular weight is 201 g/mol. The summed E-state index contributed by atoms with van der Waals surface area (Å²) in [6.07, 6.45) is 2.12. The highest BCUT2D eigenvalue weighted by Gasteiger charge is 2.24. The Morgan fingerprint density at radius 2 is 2.29 bits per heavy atom. The summed E-state index contributed by atoms with van der Waals surface area (Å²) in [6.45, 7) is 4.66. The summed E-state index contributed by atoms with van der Waals surface area (Å²) in [6, 6.07) is 0. The molecule has 4 heteroatoms. The van der Waals surface area contributed by atoms with Gasteiger partial charge in [-0.05, 0) is 12.8 Å². The second-order valence-electron chi connectivity index (χ2n) is 3.59. The number of rotatable bonds is 5. The number of hydrogen-bond donors (Lipinski definition) is 0. The van der Waals surface area contributed by atoms with Crippen LogP contribution in [0, 0.1) is 0 Å². The van der Waals surface area contributed by atoms with Crippen LogP contribution in [0.15, 0.2) is 0 Å². The number of carbonyl (C=O) groups is 1. The lowest BCUT2D eigenvalue weighted by atomic mass is 10.3. The summed E-state index contributed by atoms with van der Waals surface area (Å²) in [5.41, 5.74) is 0. The molecule has 1 aliphatic rings. The van der Waals surface area contributed by atoms with Gasteiger partial charge in [-0.15, -0.1) is 0 Å². The van der Waals surface area contributed by atoms with Gasteiger partial charge < -0.3 is 14.4 Å². The van der Waals surface area contributed by atoms with E-state index in [9.17, 15) is 4.79 Å². The van der Waals surface area contributed by atoms with Crippen LogP contribution in [-0.4, -0.2) is 50.3 Å². The van der Waals surface area contributed by atoms with E-state index in [2.05, 4.69) is 0 Å². The molecule has 1 saturated heterocycles. The highest BCUT2D eigenvalue weighted by Crippen LogP contribution is 2.12. The molecule has 0 aromatic carbocycles. The predicted octanol–water partition coefficient (Wildman–Crippen LogP) is 0.660. The first-order valence-electron chi connectivity index (χ1n) is 5.10. The van der Waals surface area contributed by atoms with Gasteiger partial charge in [-0.2, -0.15) is 0 Å². The molecule has 4 nitrogen and oxygen atoms in total. The van der Waals surface area contributed by atoms with E-state index in [1.165, 1.54) is 0 Å². The number of methoxy groups -OCH3 is 1. The molecule has 14 heavy (non-hydrogen) atoms. The van der Waals surface area contributed by atoms with Gasteiger partial charge in [0.2, 0.25) is 5.91 Å². The van der Waals surface area contributed by atoms with E-state index in [1.54, 1.807) is 14.0 Å². The third-order valence-electron chi connectivity index (χ3n) is 2.44. The lowest BCUT2D eigenvalue weighted by Crippen LogP contribution is -2.27. The molecule has 0 bridgehead atoms. The summed E-state index contributed by atoms with van der Waals surface area (Å²) in [4.78, 5) is 12.9. The van der Waals surface area contributed by atoms with Crippen LogP contribution >= 0.6 is 0 Å².